The lowest BCUT2D eigenvalue weighted by Crippen LogP contribution is -2.42. The summed E-state index contributed by atoms with van der Waals surface area (Å²) in [4.78, 5) is 4.58. The van der Waals surface area contributed by atoms with E-state index in [0.29, 0.717) is 23.9 Å². The first kappa shape index (κ1) is 20.3. The SMILES string of the molecule is CN=C(NCCc1ccc(S(C)(=O)=O)cc1)NCC1(c2cccc(F)c2)CC1. The molecule has 28 heavy (non-hydrogen) atoms. The molecule has 1 aliphatic rings. The van der Waals surface area contributed by atoms with Crippen molar-refractivity contribution in [3.05, 3.63) is 65.5 Å². The van der Waals surface area contributed by atoms with Gasteiger partial charge in [-0.15, -0.1) is 0 Å². The minimum atomic E-state index is -3.17. The highest BCUT2D eigenvalue weighted by atomic mass is 32.2. The standard InChI is InChI=1S/C21H26FN3O2S/c1-23-20(24-13-10-16-6-8-19(9-7-16)28(2,26)27)25-15-21(11-12-21)17-4-3-5-18(22)14-17/h3-9,14H,10-13,15H2,1-2H3,(H2,23,24,25). The zero-order valence-electron chi connectivity index (χ0n) is 16.2. The first-order valence-corrected chi connectivity index (χ1v) is 11.2. The second-order valence-electron chi connectivity index (χ2n) is 7.31. The first-order valence-electron chi connectivity index (χ1n) is 9.32. The average molecular weight is 404 g/mol. The number of guanidine groups is 1. The molecule has 2 N–H and O–H groups in total. The van der Waals surface area contributed by atoms with Crippen molar-refractivity contribution in [2.24, 2.45) is 4.99 Å². The number of nitrogens with one attached hydrogen (secondary N) is 2. The van der Waals surface area contributed by atoms with Gasteiger partial charge >= 0.3 is 0 Å². The third-order valence-electron chi connectivity index (χ3n) is 5.17. The molecule has 0 aromatic heterocycles. The fourth-order valence-electron chi connectivity index (χ4n) is 3.24. The predicted molar refractivity (Wildman–Crippen MR) is 110 cm³/mol. The van der Waals surface area contributed by atoms with Gasteiger partial charge < -0.3 is 10.6 Å². The summed E-state index contributed by atoms with van der Waals surface area (Å²) >= 11 is 0. The lowest BCUT2D eigenvalue weighted by Gasteiger charge is -2.19. The average Bonchev–Trinajstić information content (AvgIpc) is 3.45. The van der Waals surface area contributed by atoms with Crippen LogP contribution in [-0.2, 0) is 21.7 Å². The number of hydrogen-bond acceptors (Lipinski definition) is 3. The van der Waals surface area contributed by atoms with Gasteiger partial charge in [-0.1, -0.05) is 24.3 Å². The Morgan fingerprint density at radius 2 is 1.86 bits per heavy atom. The zero-order valence-corrected chi connectivity index (χ0v) is 17.0. The van der Waals surface area contributed by atoms with E-state index in [4.69, 9.17) is 0 Å². The van der Waals surface area contributed by atoms with Gasteiger partial charge in [-0.3, -0.25) is 4.99 Å². The normalized spacial score (nSPS) is 15.9. The van der Waals surface area contributed by atoms with Crippen LogP contribution >= 0.6 is 0 Å². The Hall–Kier alpha value is -2.41. The molecule has 0 radical (unpaired) electrons. The van der Waals surface area contributed by atoms with Crippen LogP contribution in [0.4, 0.5) is 4.39 Å². The molecule has 0 atom stereocenters. The molecule has 5 nitrogen and oxygen atoms in total. The minimum absolute atomic E-state index is 0.0127. The van der Waals surface area contributed by atoms with Gasteiger partial charge in [0.2, 0.25) is 0 Å². The fraction of sp³-hybridized carbons (Fsp3) is 0.381. The van der Waals surface area contributed by atoms with Gasteiger partial charge in [0, 0.05) is 31.8 Å². The third kappa shape index (κ3) is 5.10. The van der Waals surface area contributed by atoms with Crippen molar-refractivity contribution >= 4 is 15.8 Å². The van der Waals surface area contributed by atoms with Crippen LogP contribution in [0.1, 0.15) is 24.0 Å². The summed E-state index contributed by atoms with van der Waals surface area (Å²) in [6.45, 7) is 1.38. The van der Waals surface area contributed by atoms with E-state index >= 15 is 0 Å². The van der Waals surface area contributed by atoms with Crippen LogP contribution in [0.5, 0.6) is 0 Å². The summed E-state index contributed by atoms with van der Waals surface area (Å²) in [6.07, 6.45) is 4.02. The summed E-state index contributed by atoms with van der Waals surface area (Å²) in [5.74, 6) is 0.503. The molecule has 1 aliphatic carbocycles. The molecular formula is C21H26FN3O2S. The molecule has 0 saturated heterocycles. The van der Waals surface area contributed by atoms with E-state index in [2.05, 4.69) is 15.6 Å². The molecule has 0 aliphatic heterocycles. The maximum atomic E-state index is 13.5. The highest BCUT2D eigenvalue weighted by Crippen LogP contribution is 2.47. The molecule has 150 valence electrons. The van der Waals surface area contributed by atoms with E-state index in [1.807, 2.05) is 18.2 Å². The van der Waals surface area contributed by atoms with Crippen molar-refractivity contribution in [1.82, 2.24) is 10.6 Å². The molecular weight excluding hydrogens is 377 g/mol. The molecule has 0 amide bonds. The number of aliphatic imine (C=N–C) groups is 1. The van der Waals surface area contributed by atoms with Gasteiger partial charge in [-0.25, -0.2) is 12.8 Å². The van der Waals surface area contributed by atoms with Crippen molar-refractivity contribution in [3.63, 3.8) is 0 Å². The van der Waals surface area contributed by atoms with E-state index in [-0.39, 0.29) is 11.2 Å². The minimum Gasteiger partial charge on any atom is -0.356 e. The molecule has 1 fully saturated rings. The largest absolute Gasteiger partial charge is 0.356 e. The lowest BCUT2D eigenvalue weighted by atomic mass is 9.96. The number of hydrogen-bond donors (Lipinski definition) is 2. The van der Waals surface area contributed by atoms with Crippen LogP contribution in [0.15, 0.2) is 58.4 Å². The third-order valence-corrected chi connectivity index (χ3v) is 6.29. The Kier molecular flexibility index (Phi) is 6.03. The van der Waals surface area contributed by atoms with Gasteiger partial charge in [0.05, 0.1) is 4.90 Å². The van der Waals surface area contributed by atoms with Crippen LogP contribution in [0.3, 0.4) is 0 Å². The van der Waals surface area contributed by atoms with Gasteiger partial charge in [0.1, 0.15) is 5.82 Å². The second kappa shape index (κ2) is 8.31. The number of halogens is 1. The van der Waals surface area contributed by atoms with E-state index in [9.17, 15) is 12.8 Å². The molecule has 0 spiro atoms. The van der Waals surface area contributed by atoms with Crippen molar-refractivity contribution in [2.45, 2.75) is 29.6 Å². The number of nitrogens with zero attached hydrogens (tertiary/aromatic N) is 1. The van der Waals surface area contributed by atoms with E-state index in [1.54, 1.807) is 31.3 Å². The molecule has 2 aromatic rings. The molecule has 2 aromatic carbocycles. The highest BCUT2D eigenvalue weighted by Gasteiger charge is 2.44. The van der Waals surface area contributed by atoms with Crippen LogP contribution in [-0.4, -0.2) is 40.8 Å². The number of benzene rings is 2. The summed E-state index contributed by atoms with van der Waals surface area (Å²) in [5, 5.41) is 6.62. The Balaban J connectivity index is 1.49. The van der Waals surface area contributed by atoms with Crippen LogP contribution in [0, 0.1) is 5.82 Å². The van der Waals surface area contributed by atoms with Crippen LogP contribution in [0.25, 0.3) is 0 Å². The van der Waals surface area contributed by atoms with Gasteiger partial charge in [0.25, 0.3) is 0 Å². The van der Waals surface area contributed by atoms with Crippen LogP contribution < -0.4 is 10.6 Å². The molecule has 0 unspecified atom stereocenters. The fourth-order valence-corrected chi connectivity index (χ4v) is 3.87. The van der Waals surface area contributed by atoms with Gasteiger partial charge in [-0.05, 0) is 54.7 Å². The topological polar surface area (TPSA) is 70.6 Å². The Morgan fingerprint density at radius 3 is 2.43 bits per heavy atom. The monoisotopic (exact) mass is 403 g/mol. The van der Waals surface area contributed by atoms with Gasteiger partial charge in [-0.2, -0.15) is 0 Å². The maximum absolute atomic E-state index is 13.5. The molecule has 1 saturated carbocycles. The quantitative estimate of drug-likeness (QED) is 0.551. The maximum Gasteiger partial charge on any atom is 0.191 e. The number of sulfone groups is 1. The van der Waals surface area contributed by atoms with Crippen molar-refractivity contribution in [3.8, 4) is 0 Å². The van der Waals surface area contributed by atoms with Crippen molar-refractivity contribution in [1.29, 1.82) is 0 Å². The molecule has 0 heterocycles. The lowest BCUT2D eigenvalue weighted by molar-refractivity contribution is 0.602. The van der Waals surface area contributed by atoms with E-state index in [0.717, 1.165) is 30.4 Å². The highest BCUT2D eigenvalue weighted by molar-refractivity contribution is 7.90. The summed E-state index contributed by atoms with van der Waals surface area (Å²) < 4.78 is 36.5. The number of rotatable bonds is 7. The first-order chi connectivity index (χ1) is 13.3. The van der Waals surface area contributed by atoms with Crippen molar-refractivity contribution < 1.29 is 12.8 Å². The molecule has 3 rings (SSSR count). The zero-order chi connectivity index (χ0) is 20.2. The van der Waals surface area contributed by atoms with Crippen molar-refractivity contribution in [2.75, 3.05) is 26.4 Å². The van der Waals surface area contributed by atoms with Gasteiger partial charge in [0.15, 0.2) is 15.8 Å². The summed E-state index contributed by atoms with van der Waals surface area (Å²) in [5.41, 5.74) is 2.07. The molecule has 0 bridgehead atoms. The summed E-state index contributed by atoms with van der Waals surface area (Å²) in [7, 11) is -1.45. The molecule has 7 heteroatoms. The van der Waals surface area contributed by atoms with E-state index < -0.39 is 9.84 Å². The van der Waals surface area contributed by atoms with Crippen LogP contribution in [0.2, 0.25) is 0 Å². The smallest absolute Gasteiger partial charge is 0.191 e. The second-order valence-corrected chi connectivity index (χ2v) is 9.33. The Labute approximate surface area is 166 Å². The Bertz CT molecular complexity index is 952. The Morgan fingerprint density at radius 1 is 1.14 bits per heavy atom. The van der Waals surface area contributed by atoms with E-state index in [1.165, 1.54) is 12.3 Å². The summed E-state index contributed by atoms with van der Waals surface area (Å²) in [6, 6.07) is 13.7. The predicted octanol–water partition coefficient (Wildman–Crippen LogP) is 2.67.